The van der Waals surface area contributed by atoms with Gasteiger partial charge in [0.1, 0.15) is 0 Å². The normalized spacial score (nSPS) is 16.8. The van der Waals surface area contributed by atoms with Crippen LogP contribution < -0.4 is 0 Å². The predicted molar refractivity (Wildman–Crippen MR) is 78.0 cm³/mol. The predicted octanol–water partition coefficient (Wildman–Crippen LogP) is 3.04. The van der Waals surface area contributed by atoms with E-state index in [0.29, 0.717) is 0 Å². The second kappa shape index (κ2) is 11.9. The van der Waals surface area contributed by atoms with Crippen LogP contribution in [-0.4, -0.2) is 51.5 Å². The molecule has 1 rings (SSSR count). The summed E-state index contributed by atoms with van der Waals surface area (Å²) in [4.78, 5) is 2.49. The first-order valence-electron chi connectivity index (χ1n) is 7.35. The summed E-state index contributed by atoms with van der Waals surface area (Å²) in [5, 5.41) is 0. The summed E-state index contributed by atoms with van der Waals surface area (Å²) < 4.78 is 10.1. The number of nitrogens with zero attached hydrogens (tertiary/aromatic N) is 1. The molecule has 0 unspecified atom stereocenters. The van der Waals surface area contributed by atoms with Crippen molar-refractivity contribution >= 4 is 0 Å². The van der Waals surface area contributed by atoms with Crippen molar-refractivity contribution < 1.29 is 9.47 Å². The lowest BCUT2D eigenvalue weighted by Crippen LogP contribution is -2.37. The summed E-state index contributed by atoms with van der Waals surface area (Å²) in [6, 6.07) is 0. The Labute approximate surface area is 114 Å². The Morgan fingerprint density at radius 3 is 1.94 bits per heavy atom. The molecule has 0 aromatic rings. The van der Waals surface area contributed by atoms with Gasteiger partial charge in [0.25, 0.3) is 0 Å². The monoisotopic (exact) mass is 259 g/mol. The number of hydrogen-bond acceptors (Lipinski definition) is 3. The molecule has 0 atom stereocenters. The Morgan fingerprint density at radius 2 is 1.56 bits per heavy atom. The maximum Gasteiger partial charge on any atom is 0.0594 e. The number of methoxy groups -OCH3 is 1. The zero-order valence-corrected chi connectivity index (χ0v) is 13.1. The molecule has 3 nitrogen and oxygen atoms in total. The summed E-state index contributed by atoms with van der Waals surface area (Å²) in [6.07, 6.45) is 2.50. The minimum Gasteiger partial charge on any atom is -0.385 e. The number of ether oxygens (including phenoxy) is 2. The van der Waals surface area contributed by atoms with Crippen LogP contribution in [0.2, 0.25) is 0 Å². The van der Waals surface area contributed by atoms with Gasteiger partial charge in [0, 0.05) is 26.8 Å². The Hall–Kier alpha value is -0.120. The van der Waals surface area contributed by atoms with E-state index in [1.54, 1.807) is 7.11 Å². The van der Waals surface area contributed by atoms with Gasteiger partial charge in [-0.1, -0.05) is 27.7 Å². The van der Waals surface area contributed by atoms with E-state index in [-0.39, 0.29) is 0 Å². The van der Waals surface area contributed by atoms with E-state index in [2.05, 4.69) is 32.6 Å². The molecular weight excluding hydrogens is 226 g/mol. The molecule has 1 heterocycles. The molecule has 110 valence electrons. The fraction of sp³-hybridized carbons (Fsp3) is 1.00. The van der Waals surface area contributed by atoms with E-state index in [0.717, 1.165) is 44.7 Å². The molecule has 18 heavy (non-hydrogen) atoms. The van der Waals surface area contributed by atoms with Gasteiger partial charge in [0.2, 0.25) is 0 Å². The van der Waals surface area contributed by atoms with Gasteiger partial charge >= 0.3 is 0 Å². The van der Waals surface area contributed by atoms with Crippen molar-refractivity contribution in [1.82, 2.24) is 4.90 Å². The molecule has 0 spiro atoms. The molecule has 0 aromatic carbocycles. The van der Waals surface area contributed by atoms with E-state index in [1.807, 2.05) is 0 Å². The SMILES string of the molecule is CC(C)CCN1CCOCC1.COCCC(C)C. The Kier molecular flexibility index (Phi) is 11.9. The van der Waals surface area contributed by atoms with Crippen molar-refractivity contribution in [3.8, 4) is 0 Å². The van der Waals surface area contributed by atoms with Gasteiger partial charge in [-0.2, -0.15) is 0 Å². The lowest BCUT2D eigenvalue weighted by molar-refractivity contribution is 0.0360. The molecule has 0 N–H and O–H groups in total. The highest BCUT2D eigenvalue weighted by Crippen LogP contribution is 2.03. The van der Waals surface area contributed by atoms with E-state index in [1.165, 1.54) is 19.4 Å². The topological polar surface area (TPSA) is 21.7 Å². The molecule has 3 heteroatoms. The molecular formula is C15H33NO2. The van der Waals surface area contributed by atoms with Crippen LogP contribution in [0.25, 0.3) is 0 Å². The largest absolute Gasteiger partial charge is 0.385 e. The molecule has 0 bridgehead atoms. The van der Waals surface area contributed by atoms with Gasteiger partial charge in [0.05, 0.1) is 13.2 Å². The van der Waals surface area contributed by atoms with Crippen molar-refractivity contribution in [3.63, 3.8) is 0 Å². The number of rotatable bonds is 6. The standard InChI is InChI=1S/C9H19NO.C6H14O/c1-9(2)3-4-10-5-7-11-8-6-10;1-6(2)4-5-7-3/h9H,3-8H2,1-2H3;6H,4-5H2,1-3H3. The highest BCUT2D eigenvalue weighted by atomic mass is 16.5. The van der Waals surface area contributed by atoms with Gasteiger partial charge < -0.3 is 9.47 Å². The maximum atomic E-state index is 5.26. The van der Waals surface area contributed by atoms with Gasteiger partial charge in [-0.15, -0.1) is 0 Å². The van der Waals surface area contributed by atoms with Gasteiger partial charge in [-0.05, 0) is 31.2 Å². The fourth-order valence-electron chi connectivity index (χ4n) is 1.62. The fourth-order valence-corrected chi connectivity index (χ4v) is 1.62. The minimum atomic E-state index is 0.778. The summed E-state index contributed by atoms with van der Waals surface area (Å²) in [5.41, 5.74) is 0. The quantitative estimate of drug-likeness (QED) is 0.732. The number of hydrogen-bond donors (Lipinski definition) is 0. The first-order valence-corrected chi connectivity index (χ1v) is 7.35. The third kappa shape index (κ3) is 12.3. The van der Waals surface area contributed by atoms with E-state index >= 15 is 0 Å². The van der Waals surface area contributed by atoms with E-state index < -0.39 is 0 Å². The molecule has 1 aliphatic rings. The average molecular weight is 259 g/mol. The zero-order valence-electron chi connectivity index (χ0n) is 13.1. The molecule has 1 fully saturated rings. The van der Waals surface area contributed by atoms with Crippen LogP contribution in [-0.2, 0) is 9.47 Å². The molecule has 1 aliphatic heterocycles. The first-order chi connectivity index (χ1) is 8.56. The van der Waals surface area contributed by atoms with Crippen LogP contribution in [0.1, 0.15) is 40.5 Å². The third-order valence-corrected chi connectivity index (χ3v) is 3.03. The Bertz CT molecular complexity index is 166. The maximum absolute atomic E-state index is 5.26. The first kappa shape index (κ1) is 17.9. The Morgan fingerprint density at radius 1 is 1.00 bits per heavy atom. The highest BCUT2D eigenvalue weighted by Gasteiger charge is 2.09. The summed E-state index contributed by atoms with van der Waals surface area (Å²) in [7, 11) is 1.74. The van der Waals surface area contributed by atoms with Crippen molar-refractivity contribution in [3.05, 3.63) is 0 Å². The average Bonchev–Trinajstić information content (AvgIpc) is 2.36. The minimum absolute atomic E-state index is 0.778. The summed E-state index contributed by atoms with van der Waals surface area (Å²) >= 11 is 0. The van der Waals surface area contributed by atoms with Crippen LogP contribution in [0.3, 0.4) is 0 Å². The second-order valence-corrected chi connectivity index (χ2v) is 5.81. The third-order valence-electron chi connectivity index (χ3n) is 3.03. The second-order valence-electron chi connectivity index (χ2n) is 5.81. The van der Waals surface area contributed by atoms with Gasteiger partial charge in [-0.25, -0.2) is 0 Å². The lowest BCUT2D eigenvalue weighted by Gasteiger charge is -2.26. The van der Waals surface area contributed by atoms with Crippen molar-refractivity contribution in [2.24, 2.45) is 11.8 Å². The van der Waals surface area contributed by atoms with Crippen molar-refractivity contribution in [2.45, 2.75) is 40.5 Å². The smallest absolute Gasteiger partial charge is 0.0594 e. The van der Waals surface area contributed by atoms with Crippen LogP contribution in [0.5, 0.6) is 0 Å². The Balaban J connectivity index is 0.000000360. The molecule has 0 aromatic heterocycles. The summed E-state index contributed by atoms with van der Waals surface area (Å²) in [5.74, 6) is 1.61. The van der Waals surface area contributed by atoms with Gasteiger partial charge in [-0.3, -0.25) is 4.90 Å². The molecule has 0 amide bonds. The molecule has 0 saturated carbocycles. The molecule has 1 saturated heterocycles. The van der Waals surface area contributed by atoms with Crippen LogP contribution in [0.15, 0.2) is 0 Å². The zero-order chi connectivity index (χ0) is 13.8. The summed E-state index contributed by atoms with van der Waals surface area (Å²) in [6.45, 7) is 15.2. The van der Waals surface area contributed by atoms with Gasteiger partial charge in [0.15, 0.2) is 0 Å². The lowest BCUT2D eigenvalue weighted by atomic mass is 10.1. The number of morpholine rings is 1. The van der Waals surface area contributed by atoms with E-state index in [4.69, 9.17) is 9.47 Å². The van der Waals surface area contributed by atoms with Crippen LogP contribution in [0, 0.1) is 11.8 Å². The van der Waals surface area contributed by atoms with Crippen LogP contribution in [0.4, 0.5) is 0 Å². The van der Waals surface area contributed by atoms with Crippen molar-refractivity contribution in [1.29, 1.82) is 0 Å². The van der Waals surface area contributed by atoms with Crippen molar-refractivity contribution in [2.75, 3.05) is 46.6 Å². The molecule has 0 radical (unpaired) electrons. The molecule has 0 aliphatic carbocycles. The highest BCUT2D eigenvalue weighted by molar-refractivity contribution is 4.62. The van der Waals surface area contributed by atoms with E-state index in [9.17, 15) is 0 Å². The van der Waals surface area contributed by atoms with Crippen LogP contribution >= 0.6 is 0 Å².